The van der Waals surface area contributed by atoms with Gasteiger partial charge in [0.2, 0.25) is 0 Å². The molecule has 0 saturated heterocycles. The molecule has 3 nitrogen and oxygen atoms in total. The van der Waals surface area contributed by atoms with Gasteiger partial charge in [-0.3, -0.25) is 0 Å². The van der Waals surface area contributed by atoms with Crippen LogP contribution in [0.4, 0.5) is 4.79 Å². The van der Waals surface area contributed by atoms with E-state index in [0.29, 0.717) is 13.2 Å². The van der Waals surface area contributed by atoms with Gasteiger partial charge in [0, 0.05) is 12.5 Å². The number of ether oxygens (including phenoxy) is 1. The van der Waals surface area contributed by atoms with E-state index in [2.05, 4.69) is 61.6 Å². The Kier molecular flexibility index (Phi) is 5.48. The van der Waals surface area contributed by atoms with Crippen molar-refractivity contribution in [3.8, 4) is 11.1 Å². The molecule has 4 rings (SSSR count). The van der Waals surface area contributed by atoms with Crippen molar-refractivity contribution in [1.82, 2.24) is 5.32 Å². The molecule has 1 aliphatic carbocycles. The van der Waals surface area contributed by atoms with Crippen LogP contribution in [0.2, 0.25) is 0 Å². The highest BCUT2D eigenvalue weighted by atomic mass is 16.5. The zero-order valence-corrected chi connectivity index (χ0v) is 16.8. The number of nitrogens with one attached hydrogen (secondary N) is 1. The summed E-state index contributed by atoms with van der Waals surface area (Å²) >= 11 is 0. The van der Waals surface area contributed by atoms with Crippen molar-refractivity contribution in [1.29, 1.82) is 0 Å². The third-order valence-corrected chi connectivity index (χ3v) is 5.44. The largest absolute Gasteiger partial charge is 0.449 e. The van der Waals surface area contributed by atoms with Gasteiger partial charge in [-0.2, -0.15) is 0 Å². The highest BCUT2D eigenvalue weighted by Crippen LogP contribution is 2.44. The van der Waals surface area contributed by atoms with Crippen molar-refractivity contribution >= 4 is 12.2 Å². The molecule has 3 aromatic carbocycles. The van der Waals surface area contributed by atoms with Crippen LogP contribution in [0, 0.1) is 13.8 Å². The minimum atomic E-state index is -0.391. The van der Waals surface area contributed by atoms with Crippen LogP contribution in [0.15, 0.2) is 72.8 Å². The van der Waals surface area contributed by atoms with Gasteiger partial charge in [0.1, 0.15) is 6.61 Å². The summed E-state index contributed by atoms with van der Waals surface area (Å²) in [5, 5.41) is 2.81. The molecule has 0 saturated carbocycles. The monoisotopic (exact) mass is 383 g/mol. The Morgan fingerprint density at radius 1 is 0.966 bits per heavy atom. The molecule has 3 aromatic rings. The van der Waals surface area contributed by atoms with Crippen molar-refractivity contribution < 1.29 is 9.53 Å². The van der Waals surface area contributed by atoms with Crippen molar-refractivity contribution in [3.63, 3.8) is 0 Å². The second-order valence-electron chi connectivity index (χ2n) is 7.47. The van der Waals surface area contributed by atoms with Crippen molar-refractivity contribution in [3.05, 3.63) is 101 Å². The molecule has 1 N–H and O–H groups in total. The fraction of sp³-hybridized carbons (Fsp3) is 0.192. The number of carbonyl (C=O) groups excluding carboxylic acids is 1. The lowest BCUT2D eigenvalue weighted by Gasteiger charge is -2.14. The minimum absolute atomic E-state index is 0.0821. The maximum absolute atomic E-state index is 12.2. The van der Waals surface area contributed by atoms with E-state index in [0.717, 1.165) is 0 Å². The Bertz CT molecular complexity index is 1020. The Labute approximate surface area is 172 Å². The van der Waals surface area contributed by atoms with Gasteiger partial charge >= 0.3 is 6.09 Å². The standard InChI is InChI=1S/C26H25NO2/c1-18-13-14-19(2)20(16-18)8-7-15-27-26(28)29-17-25-23-11-5-3-9-21(23)22-10-4-6-12-24(22)25/h3-14,16,25H,15,17H2,1-2H3,(H,27,28). The second-order valence-corrected chi connectivity index (χ2v) is 7.47. The molecule has 0 aliphatic heterocycles. The van der Waals surface area contributed by atoms with Gasteiger partial charge in [-0.15, -0.1) is 0 Å². The Morgan fingerprint density at radius 3 is 2.31 bits per heavy atom. The number of carbonyl (C=O) groups is 1. The van der Waals surface area contributed by atoms with Gasteiger partial charge in [0.25, 0.3) is 0 Å². The highest BCUT2D eigenvalue weighted by Gasteiger charge is 2.28. The number of aryl methyl sites for hydroxylation is 2. The molecule has 0 atom stereocenters. The molecule has 3 heteroatoms. The van der Waals surface area contributed by atoms with E-state index in [1.54, 1.807) is 0 Å². The first-order chi connectivity index (χ1) is 14.1. The predicted octanol–water partition coefficient (Wildman–Crippen LogP) is 5.86. The van der Waals surface area contributed by atoms with E-state index in [-0.39, 0.29) is 5.92 Å². The molecule has 0 spiro atoms. The summed E-state index contributed by atoms with van der Waals surface area (Å²) < 4.78 is 5.55. The first kappa shape index (κ1) is 19.0. The van der Waals surface area contributed by atoms with E-state index in [9.17, 15) is 4.79 Å². The van der Waals surface area contributed by atoms with Gasteiger partial charge in [-0.25, -0.2) is 4.79 Å². The lowest BCUT2D eigenvalue weighted by atomic mass is 9.98. The molecule has 0 unspecified atom stereocenters. The molecule has 1 amide bonds. The average Bonchev–Trinajstić information content (AvgIpc) is 3.06. The van der Waals surface area contributed by atoms with Crippen LogP contribution in [-0.4, -0.2) is 19.2 Å². The molecule has 1 aliphatic rings. The van der Waals surface area contributed by atoms with Crippen molar-refractivity contribution in [2.45, 2.75) is 19.8 Å². The van der Waals surface area contributed by atoms with Gasteiger partial charge < -0.3 is 10.1 Å². The number of amides is 1. The molecular weight excluding hydrogens is 358 g/mol. The smallest absolute Gasteiger partial charge is 0.407 e. The molecular formula is C26H25NO2. The number of fused-ring (bicyclic) bond motifs is 3. The van der Waals surface area contributed by atoms with Gasteiger partial charge in [0.05, 0.1) is 0 Å². The summed E-state index contributed by atoms with van der Waals surface area (Å²) in [6, 6.07) is 23.0. The fourth-order valence-electron chi connectivity index (χ4n) is 3.92. The summed E-state index contributed by atoms with van der Waals surface area (Å²) in [7, 11) is 0. The summed E-state index contributed by atoms with van der Waals surface area (Å²) in [5.74, 6) is 0.0821. The first-order valence-corrected chi connectivity index (χ1v) is 9.96. The topological polar surface area (TPSA) is 38.3 Å². The van der Waals surface area contributed by atoms with Gasteiger partial charge in [0.15, 0.2) is 0 Å². The SMILES string of the molecule is Cc1ccc(C)c(C=CCNC(=O)OCC2c3ccccc3-c3ccccc32)c1. The average molecular weight is 383 g/mol. The van der Waals surface area contributed by atoms with E-state index in [1.807, 2.05) is 36.4 Å². The molecule has 0 fully saturated rings. The maximum atomic E-state index is 12.2. The van der Waals surface area contributed by atoms with Crippen LogP contribution in [0.25, 0.3) is 17.2 Å². The summed E-state index contributed by atoms with van der Waals surface area (Å²) in [4.78, 5) is 12.2. The van der Waals surface area contributed by atoms with E-state index in [4.69, 9.17) is 4.74 Å². The van der Waals surface area contributed by atoms with Crippen molar-refractivity contribution in [2.24, 2.45) is 0 Å². The second kappa shape index (κ2) is 8.36. The lowest BCUT2D eigenvalue weighted by Crippen LogP contribution is -2.26. The Morgan fingerprint density at radius 2 is 1.62 bits per heavy atom. The van der Waals surface area contributed by atoms with Crippen molar-refractivity contribution in [2.75, 3.05) is 13.2 Å². The number of hydrogen-bond donors (Lipinski definition) is 1. The van der Waals surface area contributed by atoms with Crippen LogP contribution in [0.5, 0.6) is 0 Å². The molecule has 0 aromatic heterocycles. The van der Waals surface area contributed by atoms with Crippen LogP contribution >= 0.6 is 0 Å². The summed E-state index contributed by atoms with van der Waals surface area (Å²) in [6.45, 7) is 4.93. The molecule has 29 heavy (non-hydrogen) atoms. The van der Waals surface area contributed by atoms with Crippen LogP contribution in [-0.2, 0) is 4.74 Å². The van der Waals surface area contributed by atoms with Crippen LogP contribution in [0.3, 0.4) is 0 Å². The summed E-state index contributed by atoms with van der Waals surface area (Å²) in [5.41, 5.74) is 8.50. The van der Waals surface area contributed by atoms with Crippen LogP contribution in [0.1, 0.15) is 33.7 Å². The number of rotatable bonds is 5. The quantitative estimate of drug-likeness (QED) is 0.600. The van der Waals surface area contributed by atoms with Crippen LogP contribution < -0.4 is 5.32 Å². The number of benzene rings is 3. The highest BCUT2D eigenvalue weighted by molar-refractivity contribution is 5.79. The number of hydrogen-bond acceptors (Lipinski definition) is 2. The number of alkyl carbamates (subject to hydrolysis) is 1. The molecule has 0 radical (unpaired) electrons. The Balaban J connectivity index is 1.34. The first-order valence-electron chi connectivity index (χ1n) is 9.96. The van der Waals surface area contributed by atoms with E-state index < -0.39 is 6.09 Å². The fourth-order valence-corrected chi connectivity index (χ4v) is 3.92. The molecule has 0 bridgehead atoms. The normalized spacial score (nSPS) is 12.6. The zero-order valence-electron chi connectivity index (χ0n) is 16.8. The van der Waals surface area contributed by atoms with E-state index in [1.165, 1.54) is 38.9 Å². The third kappa shape index (κ3) is 4.09. The maximum Gasteiger partial charge on any atom is 0.407 e. The third-order valence-electron chi connectivity index (χ3n) is 5.44. The minimum Gasteiger partial charge on any atom is -0.449 e. The predicted molar refractivity (Wildman–Crippen MR) is 118 cm³/mol. The van der Waals surface area contributed by atoms with E-state index >= 15 is 0 Å². The summed E-state index contributed by atoms with van der Waals surface area (Å²) in [6.07, 6.45) is 3.59. The van der Waals surface area contributed by atoms with Gasteiger partial charge in [-0.05, 0) is 47.2 Å². The molecule has 0 heterocycles. The molecule has 146 valence electrons. The lowest BCUT2D eigenvalue weighted by molar-refractivity contribution is 0.144. The zero-order chi connectivity index (χ0) is 20.2. The Hall–Kier alpha value is -3.33. The van der Waals surface area contributed by atoms with Gasteiger partial charge in [-0.1, -0.05) is 84.4 Å².